The van der Waals surface area contributed by atoms with Gasteiger partial charge in [0.15, 0.2) is 0 Å². The predicted molar refractivity (Wildman–Crippen MR) is 79.1 cm³/mol. The summed E-state index contributed by atoms with van der Waals surface area (Å²) in [4.78, 5) is 26.4. The van der Waals surface area contributed by atoms with Crippen LogP contribution in [0.2, 0.25) is 0 Å². The number of hydrogen-bond donors (Lipinski definition) is 2. The molecule has 0 bridgehead atoms. The maximum Gasteiger partial charge on any atom is 0.317 e. The van der Waals surface area contributed by atoms with Crippen molar-refractivity contribution in [1.82, 2.24) is 15.1 Å². The summed E-state index contributed by atoms with van der Waals surface area (Å²) in [7, 11) is 0. The van der Waals surface area contributed by atoms with Crippen molar-refractivity contribution in [1.29, 1.82) is 0 Å². The summed E-state index contributed by atoms with van der Waals surface area (Å²) in [6.45, 7) is 5.44. The second kappa shape index (κ2) is 6.67. The standard InChI is InChI=1S/C13H23N3O3S/c1-13(3-2-8-20-13)10-14-12(19)16-6-4-15(5-7-16)9-11(17)18/h2-10H2,1H3,(H,14,19)(H,17,18). The van der Waals surface area contributed by atoms with E-state index < -0.39 is 5.97 Å². The number of rotatable bonds is 4. The Hall–Kier alpha value is -0.950. The van der Waals surface area contributed by atoms with Crippen molar-refractivity contribution in [2.45, 2.75) is 24.5 Å². The third-order valence-electron chi connectivity index (χ3n) is 3.93. The van der Waals surface area contributed by atoms with Crippen LogP contribution in [0.3, 0.4) is 0 Å². The predicted octanol–water partition coefficient (Wildman–Crippen LogP) is 0.684. The van der Waals surface area contributed by atoms with E-state index in [0.717, 1.165) is 6.42 Å². The molecule has 0 aromatic heterocycles. The maximum absolute atomic E-state index is 12.1. The monoisotopic (exact) mass is 301 g/mol. The Kier molecular flexibility index (Phi) is 5.15. The van der Waals surface area contributed by atoms with Gasteiger partial charge in [0, 0.05) is 37.5 Å². The number of piperazine rings is 1. The summed E-state index contributed by atoms with van der Waals surface area (Å²) in [5, 5.41) is 11.8. The summed E-state index contributed by atoms with van der Waals surface area (Å²) in [6.07, 6.45) is 2.38. The van der Waals surface area contributed by atoms with E-state index >= 15 is 0 Å². The molecule has 20 heavy (non-hydrogen) atoms. The van der Waals surface area contributed by atoms with Gasteiger partial charge in [-0.3, -0.25) is 9.69 Å². The van der Waals surface area contributed by atoms with Crippen LogP contribution in [0.25, 0.3) is 0 Å². The Bertz CT molecular complexity index is 364. The van der Waals surface area contributed by atoms with Crippen molar-refractivity contribution in [3.8, 4) is 0 Å². The van der Waals surface area contributed by atoms with Gasteiger partial charge in [-0.1, -0.05) is 0 Å². The molecule has 0 spiro atoms. The first kappa shape index (κ1) is 15.4. The molecule has 2 fully saturated rings. The molecule has 0 aromatic rings. The smallest absolute Gasteiger partial charge is 0.317 e. The number of carbonyl (C=O) groups is 2. The highest BCUT2D eigenvalue weighted by molar-refractivity contribution is 8.00. The van der Waals surface area contributed by atoms with Gasteiger partial charge in [-0.2, -0.15) is 11.8 Å². The molecule has 1 unspecified atom stereocenters. The van der Waals surface area contributed by atoms with Crippen molar-refractivity contribution in [3.05, 3.63) is 0 Å². The minimum absolute atomic E-state index is 0.0197. The maximum atomic E-state index is 12.1. The van der Waals surface area contributed by atoms with Crippen LogP contribution in [0.5, 0.6) is 0 Å². The first-order valence-electron chi connectivity index (χ1n) is 7.09. The number of nitrogens with zero attached hydrogens (tertiary/aromatic N) is 2. The number of hydrogen-bond acceptors (Lipinski definition) is 4. The SMILES string of the molecule is CC1(CNC(=O)N2CCN(CC(=O)O)CC2)CCCS1. The van der Waals surface area contributed by atoms with Gasteiger partial charge >= 0.3 is 12.0 Å². The molecule has 2 rings (SSSR count). The largest absolute Gasteiger partial charge is 0.480 e. The van der Waals surface area contributed by atoms with Crippen molar-refractivity contribution in [2.75, 3.05) is 45.0 Å². The summed E-state index contributed by atoms with van der Waals surface area (Å²) in [5.41, 5.74) is 0. The van der Waals surface area contributed by atoms with E-state index in [0.29, 0.717) is 32.7 Å². The van der Waals surface area contributed by atoms with Crippen molar-refractivity contribution < 1.29 is 14.7 Å². The number of aliphatic carboxylic acids is 1. The summed E-state index contributed by atoms with van der Waals surface area (Å²) in [5.74, 6) is 0.370. The van der Waals surface area contributed by atoms with Crippen LogP contribution in [0.15, 0.2) is 0 Å². The third kappa shape index (κ3) is 4.28. The van der Waals surface area contributed by atoms with E-state index in [4.69, 9.17) is 5.11 Å². The summed E-state index contributed by atoms with van der Waals surface area (Å²) < 4.78 is 0.181. The number of thioether (sulfide) groups is 1. The van der Waals surface area contributed by atoms with Crippen LogP contribution in [-0.4, -0.2) is 76.7 Å². The number of carbonyl (C=O) groups excluding carboxylic acids is 1. The topological polar surface area (TPSA) is 72.9 Å². The van der Waals surface area contributed by atoms with Crippen LogP contribution in [0.4, 0.5) is 4.79 Å². The van der Waals surface area contributed by atoms with Gasteiger partial charge in [0.1, 0.15) is 0 Å². The number of nitrogens with one attached hydrogen (secondary N) is 1. The number of urea groups is 1. The van der Waals surface area contributed by atoms with Crippen molar-refractivity contribution in [2.24, 2.45) is 0 Å². The summed E-state index contributed by atoms with van der Waals surface area (Å²) >= 11 is 1.93. The highest BCUT2D eigenvalue weighted by atomic mass is 32.2. The molecule has 114 valence electrons. The molecule has 2 aliphatic rings. The average Bonchev–Trinajstić information content (AvgIpc) is 2.84. The normalized spacial score (nSPS) is 27.6. The fourth-order valence-electron chi connectivity index (χ4n) is 2.65. The molecule has 7 heteroatoms. The van der Waals surface area contributed by atoms with Gasteiger partial charge < -0.3 is 15.3 Å². The lowest BCUT2D eigenvalue weighted by molar-refractivity contribution is -0.138. The fourth-order valence-corrected chi connectivity index (χ4v) is 3.90. The van der Waals surface area contributed by atoms with Gasteiger partial charge in [0.25, 0.3) is 0 Å². The molecule has 2 N–H and O–H groups in total. The average molecular weight is 301 g/mol. The molecule has 0 aliphatic carbocycles. The first-order chi connectivity index (χ1) is 9.48. The van der Waals surface area contributed by atoms with Crippen molar-refractivity contribution in [3.63, 3.8) is 0 Å². The highest BCUT2D eigenvalue weighted by Gasteiger charge is 2.31. The quantitative estimate of drug-likeness (QED) is 0.799. The Morgan fingerprint density at radius 1 is 1.30 bits per heavy atom. The van der Waals surface area contributed by atoms with E-state index in [-0.39, 0.29) is 17.3 Å². The van der Waals surface area contributed by atoms with E-state index in [1.54, 1.807) is 4.90 Å². The van der Waals surface area contributed by atoms with Gasteiger partial charge in [-0.05, 0) is 25.5 Å². The van der Waals surface area contributed by atoms with Gasteiger partial charge in [-0.15, -0.1) is 0 Å². The Labute approximate surface area is 123 Å². The van der Waals surface area contributed by atoms with Gasteiger partial charge in [0.05, 0.1) is 6.54 Å². The van der Waals surface area contributed by atoms with Gasteiger partial charge in [0.2, 0.25) is 0 Å². The second-order valence-electron chi connectivity index (χ2n) is 5.72. The zero-order valence-electron chi connectivity index (χ0n) is 11.9. The molecule has 1 atom stereocenters. The molecule has 2 heterocycles. The summed E-state index contributed by atoms with van der Waals surface area (Å²) in [6, 6.07) is -0.0197. The molecular weight excluding hydrogens is 278 g/mol. The zero-order chi connectivity index (χ0) is 14.6. The molecule has 6 nitrogen and oxygen atoms in total. The molecule has 0 saturated carbocycles. The lowest BCUT2D eigenvalue weighted by Crippen LogP contribution is -2.53. The first-order valence-corrected chi connectivity index (χ1v) is 8.08. The van der Waals surface area contributed by atoms with Crippen LogP contribution < -0.4 is 5.32 Å². The van der Waals surface area contributed by atoms with Crippen LogP contribution in [-0.2, 0) is 4.79 Å². The minimum Gasteiger partial charge on any atom is -0.480 e. The molecular formula is C13H23N3O3S. The number of carboxylic acids is 1. The third-order valence-corrected chi connectivity index (χ3v) is 5.47. The Balaban J connectivity index is 1.70. The molecule has 0 radical (unpaired) electrons. The van der Waals surface area contributed by atoms with Gasteiger partial charge in [-0.25, -0.2) is 4.79 Å². The molecule has 2 saturated heterocycles. The van der Waals surface area contributed by atoms with E-state index in [2.05, 4.69) is 12.2 Å². The lowest BCUT2D eigenvalue weighted by Gasteiger charge is -2.34. The Morgan fingerprint density at radius 3 is 2.55 bits per heavy atom. The van der Waals surface area contributed by atoms with E-state index in [9.17, 15) is 9.59 Å². The highest BCUT2D eigenvalue weighted by Crippen LogP contribution is 2.36. The minimum atomic E-state index is -0.811. The Morgan fingerprint density at radius 2 is 2.00 bits per heavy atom. The molecule has 2 aliphatic heterocycles. The van der Waals surface area contributed by atoms with Crippen molar-refractivity contribution >= 4 is 23.8 Å². The van der Waals surface area contributed by atoms with Crippen LogP contribution >= 0.6 is 11.8 Å². The number of amides is 2. The van der Waals surface area contributed by atoms with Crippen LogP contribution in [0, 0.1) is 0 Å². The lowest BCUT2D eigenvalue weighted by atomic mass is 10.1. The molecule has 0 aromatic carbocycles. The van der Waals surface area contributed by atoms with Crippen LogP contribution in [0.1, 0.15) is 19.8 Å². The van der Waals surface area contributed by atoms with E-state index in [1.807, 2.05) is 16.7 Å². The molecule has 2 amide bonds. The second-order valence-corrected chi connectivity index (χ2v) is 7.40. The zero-order valence-corrected chi connectivity index (χ0v) is 12.7. The fraction of sp³-hybridized carbons (Fsp3) is 0.846. The number of carboxylic acid groups (broad SMARTS) is 1. The van der Waals surface area contributed by atoms with E-state index in [1.165, 1.54) is 12.2 Å².